The summed E-state index contributed by atoms with van der Waals surface area (Å²) in [7, 11) is 0. The Kier molecular flexibility index (Phi) is 9.57. The topological polar surface area (TPSA) is 76.7 Å². The summed E-state index contributed by atoms with van der Waals surface area (Å²) in [6, 6.07) is 11.8. The van der Waals surface area contributed by atoms with Gasteiger partial charge in [-0.2, -0.15) is 0 Å². The third-order valence-electron chi connectivity index (χ3n) is 5.13. The van der Waals surface area contributed by atoms with Crippen molar-refractivity contribution in [3.8, 4) is 11.5 Å². The fourth-order valence-corrected chi connectivity index (χ4v) is 3.32. The first-order valence-corrected chi connectivity index (χ1v) is 11.3. The van der Waals surface area contributed by atoms with Crippen molar-refractivity contribution in [1.82, 2.24) is 10.6 Å². The smallest absolute Gasteiger partial charge is 0.410 e. The molecule has 2 aromatic carbocycles. The van der Waals surface area contributed by atoms with Crippen LogP contribution in [-0.2, 0) is 0 Å². The summed E-state index contributed by atoms with van der Waals surface area (Å²) in [6.07, 6.45) is 0.486. The van der Waals surface area contributed by atoms with Crippen LogP contribution in [0.4, 0.5) is 9.59 Å². The molecule has 32 heavy (non-hydrogen) atoms. The van der Waals surface area contributed by atoms with Gasteiger partial charge in [-0.15, -0.1) is 0 Å². The number of hydrogen-bond donors (Lipinski definition) is 2. The Hall–Kier alpha value is -3.02. The molecule has 2 amide bonds. The fraction of sp³-hybridized carbons (Fsp3) is 0.462. The first kappa shape index (κ1) is 25.2. The predicted octanol–water partition coefficient (Wildman–Crippen LogP) is 6.21. The van der Waals surface area contributed by atoms with E-state index in [4.69, 9.17) is 9.47 Å². The van der Waals surface area contributed by atoms with Crippen LogP contribution in [0.3, 0.4) is 0 Å². The lowest BCUT2D eigenvalue weighted by Crippen LogP contribution is -2.30. The molecule has 0 aliphatic carbocycles. The van der Waals surface area contributed by atoms with E-state index in [2.05, 4.69) is 38.3 Å². The molecule has 0 spiro atoms. The minimum Gasteiger partial charge on any atom is -0.410 e. The van der Waals surface area contributed by atoms with E-state index in [1.165, 1.54) is 0 Å². The highest BCUT2D eigenvalue weighted by Crippen LogP contribution is 2.28. The molecule has 0 bridgehead atoms. The Morgan fingerprint density at radius 1 is 0.719 bits per heavy atom. The zero-order valence-electron chi connectivity index (χ0n) is 20.1. The van der Waals surface area contributed by atoms with E-state index >= 15 is 0 Å². The molecule has 6 nitrogen and oxygen atoms in total. The highest BCUT2D eigenvalue weighted by atomic mass is 16.6. The van der Waals surface area contributed by atoms with Crippen LogP contribution in [-0.4, -0.2) is 25.3 Å². The van der Waals surface area contributed by atoms with Gasteiger partial charge in [0, 0.05) is 13.1 Å². The molecular weight excluding hydrogens is 404 g/mol. The summed E-state index contributed by atoms with van der Waals surface area (Å²) < 4.78 is 11.0. The van der Waals surface area contributed by atoms with Gasteiger partial charge in [-0.05, 0) is 72.9 Å². The lowest BCUT2D eigenvalue weighted by molar-refractivity contribution is 0.197. The Morgan fingerprint density at radius 2 is 1.09 bits per heavy atom. The maximum atomic E-state index is 12.1. The van der Waals surface area contributed by atoms with Gasteiger partial charge in [0.05, 0.1) is 0 Å². The Morgan fingerprint density at radius 3 is 1.44 bits per heavy atom. The molecular formula is C26H36N2O4. The fourth-order valence-electron chi connectivity index (χ4n) is 3.32. The van der Waals surface area contributed by atoms with Crippen molar-refractivity contribution in [2.75, 3.05) is 13.1 Å². The summed E-state index contributed by atoms with van der Waals surface area (Å²) in [5, 5.41) is 5.53. The van der Waals surface area contributed by atoms with E-state index in [1.807, 2.05) is 50.2 Å². The maximum Gasteiger partial charge on any atom is 0.412 e. The Bertz CT molecular complexity index is 847. The average molecular weight is 441 g/mol. The molecule has 0 aliphatic rings. The summed E-state index contributed by atoms with van der Waals surface area (Å²) in [6.45, 7) is 13.1. The monoisotopic (exact) mass is 440 g/mol. The summed E-state index contributed by atoms with van der Waals surface area (Å²) >= 11 is 0. The van der Waals surface area contributed by atoms with E-state index in [0.717, 1.165) is 22.3 Å². The minimum atomic E-state index is -0.467. The summed E-state index contributed by atoms with van der Waals surface area (Å²) in [5.41, 5.74) is 4.09. The van der Waals surface area contributed by atoms with Crippen molar-refractivity contribution < 1.29 is 19.1 Å². The third kappa shape index (κ3) is 7.91. The van der Waals surface area contributed by atoms with Gasteiger partial charge in [-0.25, -0.2) is 9.59 Å². The van der Waals surface area contributed by atoms with Crippen LogP contribution < -0.4 is 20.1 Å². The van der Waals surface area contributed by atoms with E-state index in [9.17, 15) is 9.59 Å². The van der Waals surface area contributed by atoms with Crippen LogP contribution in [0.5, 0.6) is 11.5 Å². The quantitative estimate of drug-likeness (QED) is 0.455. The molecule has 0 heterocycles. The van der Waals surface area contributed by atoms with Gasteiger partial charge >= 0.3 is 12.2 Å². The first-order valence-electron chi connectivity index (χ1n) is 11.3. The van der Waals surface area contributed by atoms with Crippen LogP contribution in [0.25, 0.3) is 0 Å². The number of amides is 2. The van der Waals surface area contributed by atoms with Crippen LogP contribution >= 0.6 is 0 Å². The lowest BCUT2D eigenvalue weighted by Gasteiger charge is -2.14. The molecule has 0 saturated heterocycles. The van der Waals surface area contributed by atoms with Crippen molar-refractivity contribution >= 4 is 12.2 Å². The largest absolute Gasteiger partial charge is 0.412 e. The zero-order valence-corrected chi connectivity index (χ0v) is 20.1. The van der Waals surface area contributed by atoms with Crippen LogP contribution in [0, 0.1) is 13.8 Å². The molecule has 0 unspecified atom stereocenters. The van der Waals surface area contributed by atoms with Gasteiger partial charge in [-0.3, -0.25) is 0 Å². The van der Waals surface area contributed by atoms with Crippen molar-refractivity contribution in [2.45, 2.75) is 66.2 Å². The number of benzene rings is 2. The summed E-state index contributed by atoms with van der Waals surface area (Å²) in [5.74, 6) is 1.72. The van der Waals surface area contributed by atoms with Crippen molar-refractivity contribution in [1.29, 1.82) is 0 Å². The van der Waals surface area contributed by atoms with Gasteiger partial charge in [-0.1, -0.05) is 52.0 Å². The predicted molar refractivity (Wildman–Crippen MR) is 128 cm³/mol. The van der Waals surface area contributed by atoms with E-state index in [0.29, 0.717) is 37.4 Å². The minimum absolute atomic E-state index is 0.264. The number of unbranched alkanes of at least 4 members (excludes halogenated alkanes) is 1. The molecule has 0 atom stereocenters. The van der Waals surface area contributed by atoms with Gasteiger partial charge in [0.1, 0.15) is 11.5 Å². The highest BCUT2D eigenvalue weighted by molar-refractivity contribution is 5.71. The SMILES string of the molecule is Cc1ccc(C(C)C)c(OC(=O)NCCCCNC(=O)Oc2cc(C)ccc2C(C)C)c1. The number of nitrogens with one attached hydrogen (secondary N) is 2. The van der Waals surface area contributed by atoms with Crippen molar-refractivity contribution in [3.63, 3.8) is 0 Å². The second-order valence-electron chi connectivity index (χ2n) is 8.73. The molecule has 2 rings (SSSR count). The molecule has 2 aromatic rings. The molecule has 0 aliphatic heterocycles. The van der Waals surface area contributed by atoms with Crippen LogP contribution in [0.15, 0.2) is 36.4 Å². The first-order chi connectivity index (χ1) is 15.2. The van der Waals surface area contributed by atoms with Crippen LogP contribution in [0.2, 0.25) is 0 Å². The number of hydrogen-bond acceptors (Lipinski definition) is 4. The maximum absolute atomic E-state index is 12.1. The second-order valence-corrected chi connectivity index (χ2v) is 8.73. The Balaban J connectivity index is 1.70. The van der Waals surface area contributed by atoms with Gasteiger partial charge in [0.15, 0.2) is 0 Å². The number of ether oxygens (including phenoxy) is 2. The third-order valence-corrected chi connectivity index (χ3v) is 5.13. The number of carbonyl (C=O) groups excluding carboxylic acids is 2. The normalized spacial score (nSPS) is 10.9. The summed E-state index contributed by atoms with van der Waals surface area (Å²) in [4.78, 5) is 24.3. The lowest BCUT2D eigenvalue weighted by atomic mass is 10.0. The van der Waals surface area contributed by atoms with E-state index in [1.54, 1.807) is 0 Å². The van der Waals surface area contributed by atoms with Gasteiger partial charge < -0.3 is 20.1 Å². The van der Waals surface area contributed by atoms with Gasteiger partial charge in [0.2, 0.25) is 0 Å². The molecule has 0 aromatic heterocycles. The molecule has 2 N–H and O–H groups in total. The number of rotatable bonds is 9. The van der Waals surface area contributed by atoms with Gasteiger partial charge in [0.25, 0.3) is 0 Å². The van der Waals surface area contributed by atoms with Crippen molar-refractivity contribution in [3.05, 3.63) is 58.7 Å². The molecule has 0 saturated carbocycles. The molecule has 0 fully saturated rings. The molecule has 174 valence electrons. The molecule has 0 radical (unpaired) electrons. The number of carbonyl (C=O) groups is 2. The van der Waals surface area contributed by atoms with E-state index < -0.39 is 12.2 Å². The average Bonchev–Trinajstić information content (AvgIpc) is 2.70. The second kappa shape index (κ2) is 12.1. The molecule has 6 heteroatoms. The van der Waals surface area contributed by atoms with Crippen molar-refractivity contribution in [2.24, 2.45) is 0 Å². The van der Waals surface area contributed by atoms with Crippen LogP contribution in [0.1, 0.15) is 74.6 Å². The highest BCUT2D eigenvalue weighted by Gasteiger charge is 2.13. The number of aryl methyl sites for hydroxylation is 2. The Labute approximate surface area is 191 Å². The standard InChI is InChI=1S/C26H36N2O4/c1-17(2)21-11-9-19(5)15-23(21)31-25(29)27-13-7-8-14-28-26(30)32-24-16-20(6)10-12-22(24)18(3)4/h9-12,15-18H,7-8,13-14H2,1-6H3,(H,27,29)(H,28,30). The zero-order chi connectivity index (χ0) is 23.7. The van der Waals surface area contributed by atoms with E-state index in [-0.39, 0.29) is 11.8 Å².